The Kier molecular flexibility index (Phi) is 6.56. The van der Waals surface area contributed by atoms with E-state index in [0.29, 0.717) is 29.1 Å². The highest BCUT2D eigenvalue weighted by Gasteiger charge is 2.61. The van der Waals surface area contributed by atoms with Crippen molar-refractivity contribution in [3.63, 3.8) is 0 Å². The minimum Gasteiger partial charge on any atom is -0.393 e. The molecule has 4 aliphatic rings. The van der Waals surface area contributed by atoms with E-state index in [2.05, 4.69) is 47.3 Å². The van der Waals surface area contributed by atoms with Crippen LogP contribution < -0.4 is 0 Å². The van der Waals surface area contributed by atoms with Crippen molar-refractivity contribution in [3.05, 3.63) is 23.8 Å². The third-order valence-electron chi connectivity index (χ3n) is 11.0. The maximum absolute atomic E-state index is 11.3. The summed E-state index contributed by atoms with van der Waals surface area (Å²) in [4.78, 5) is 0. The fourth-order valence-corrected chi connectivity index (χ4v) is 9.07. The summed E-state index contributed by atoms with van der Waals surface area (Å²) in [6, 6.07) is 0. The zero-order valence-corrected chi connectivity index (χ0v) is 20.9. The van der Waals surface area contributed by atoms with Crippen molar-refractivity contribution in [2.75, 3.05) is 0 Å². The van der Waals surface area contributed by atoms with Crippen LogP contribution in [-0.4, -0.2) is 22.4 Å². The topological polar surface area (TPSA) is 40.5 Å². The maximum atomic E-state index is 11.3. The number of hydrogen-bond acceptors (Lipinski definition) is 2. The monoisotopic (exact) mass is 428 g/mol. The van der Waals surface area contributed by atoms with Gasteiger partial charge in [-0.05, 0) is 117 Å². The lowest BCUT2D eigenvalue weighted by atomic mass is 9.46. The van der Waals surface area contributed by atoms with Gasteiger partial charge in [-0.3, -0.25) is 0 Å². The summed E-state index contributed by atoms with van der Waals surface area (Å²) < 4.78 is 0. The minimum absolute atomic E-state index is 0.198. The van der Waals surface area contributed by atoms with Gasteiger partial charge in [0.15, 0.2) is 0 Å². The predicted octanol–water partition coefficient (Wildman–Crippen LogP) is 6.92. The van der Waals surface area contributed by atoms with Crippen LogP contribution in [0.25, 0.3) is 0 Å². The van der Waals surface area contributed by atoms with Crippen molar-refractivity contribution < 1.29 is 10.2 Å². The second-order valence-electron chi connectivity index (χ2n) is 12.5. The molecule has 0 aromatic heterocycles. The van der Waals surface area contributed by atoms with E-state index in [1.165, 1.54) is 56.1 Å². The third-order valence-corrected chi connectivity index (χ3v) is 11.0. The van der Waals surface area contributed by atoms with E-state index in [4.69, 9.17) is 0 Å². The molecule has 0 spiro atoms. The van der Waals surface area contributed by atoms with Gasteiger partial charge in [-0.15, -0.1) is 0 Å². The molecule has 2 heteroatoms. The van der Waals surface area contributed by atoms with Crippen molar-refractivity contribution in [1.82, 2.24) is 0 Å². The second kappa shape index (κ2) is 8.64. The van der Waals surface area contributed by atoms with E-state index in [9.17, 15) is 10.2 Å². The van der Waals surface area contributed by atoms with Crippen LogP contribution in [0.4, 0.5) is 0 Å². The first kappa shape index (κ1) is 23.6. The van der Waals surface area contributed by atoms with Crippen molar-refractivity contribution in [2.24, 2.45) is 46.3 Å². The van der Waals surface area contributed by atoms with Crippen molar-refractivity contribution in [1.29, 1.82) is 0 Å². The molecule has 0 bridgehead atoms. The van der Waals surface area contributed by atoms with Gasteiger partial charge in [0.2, 0.25) is 0 Å². The van der Waals surface area contributed by atoms with Gasteiger partial charge in [-0.2, -0.15) is 0 Å². The highest BCUT2D eigenvalue weighted by atomic mass is 16.3. The van der Waals surface area contributed by atoms with Crippen molar-refractivity contribution >= 4 is 0 Å². The Balaban J connectivity index is 1.52. The standard InChI is InChI=1S/C29H48O2/c1-7-20(18(2)3)9-8-19(4)23-10-11-24-27-25(13-15-29(23,24)6)28(5)14-12-22(30)16-21(28)17-26(27)31/h17,19-20,22-27,30-31H,2,7-16H2,1,3-6H3/t19-,20?,22+,23-,24+,25+,26+,27+,28+,29-/m1/s1. The number of aliphatic hydroxyl groups excluding tert-OH is 2. The first-order valence-corrected chi connectivity index (χ1v) is 13.3. The van der Waals surface area contributed by atoms with Gasteiger partial charge < -0.3 is 10.2 Å². The number of allylic oxidation sites excluding steroid dienone is 1. The molecule has 0 radical (unpaired) electrons. The fraction of sp³-hybridized carbons (Fsp3) is 0.862. The quantitative estimate of drug-likeness (QED) is 0.451. The van der Waals surface area contributed by atoms with Gasteiger partial charge in [0.1, 0.15) is 0 Å². The molecule has 0 aromatic carbocycles. The minimum atomic E-state index is -0.315. The van der Waals surface area contributed by atoms with Crippen LogP contribution in [0.2, 0.25) is 0 Å². The van der Waals surface area contributed by atoms with Crippen LogP contribution in [-0.2, 0) is 0 Å². The van der Waals surface area contributed by atoms with Gasteiger partial charge in [0, 0.05) is 0 Å². The Hall–Kier alpha value is -0.600. The first-order valence-electron chi connectivity index (χ1n) is 13.3. The summed E-state index contributed by atoms with van der Waals surface area (Å²) in [5.74, 6) is 3.88. The van der Waals surface area contributed by atoms with E-state index < -0.39 is 0 Å². The van der Waals surface area contributed by atoms with E-state index >= 15 is 0 Å². The molecule has 0 amide bonds. The highest BCUT2D eigenvalue weighted by Crippen LogP contribution is 2.67. The van der Waals surface area contributed by atoms with E-state index in [0.717, 1.165) is 31.1 Å². The molecule has 2 N–H and O–H groups in total. The second-order valence-corrected chi connectivity index (χ2v) is 12.5. The number of aliphatic hydroxyl groups is 2. The molecule has 4 rings (SSSR count). The zero-order chi connectivity index (χ0) is 22.6. The predicted molar refractivity (Wildman–Crippen MR) is 130 cm³/mol. The Morgan fingerprint density at radius 3 is 2.52 bits per heavy atom. The maximum Gasteiger partial charge on any atom is 0.0757 e. The molecule has 0 saturated heterocycles. The lowest BCUT2D eigenvalue weighted by molar-refractivity contribution is -0.0971. The molecule has 0 heterocycles. The van der Waals surface area contributed by atoms with Gasteiger partial charge in [-0.1, -0.05) is 51.5 Å². The van der Waals surface area contributed by atoms with Gasteiger partial charge in [0.05, 0.1) is 12.2 Å². The molecule has 4 aliphatic carbocycles. The average Bonchev–Trinajstić information content (AvgIpc) is 3.06. The molecule has 2 nitrogen and oxygen atoms in total. The fourth-order valence-electron chi connectivity index (χ4n) is 9.07. The molecule has 10 atom stereocenters. The summed E-state index contributed by atoms with van der Waals surface area (Å²) >= 11 is 0. The lowest BCUT2D eigenvalue weighted by Gasteiger charge is -2.59. The van der Waals surface area contributed by atoms with Crippen LogP contribution in [0, 0.1) is 46.3 Å². The molecule has 1 unspecified atom stereocenters. The Morgan fingerprint density at radius 2 is 1.84 bits per heavy atom. The van der Waals surface area contributed by atoms with Gasteiger partial charge >= 0.3 is 0 Å². The van der Waals surface area contributed by atoms with Gasteiger partial charge in [-0.25, -0.2) is 0 Å². The Labute approximate surface area is 191 Å². The number of hydrogen-bond donors (Lipinski definition) is 2. The normalized spacial score (nSPS) is 46.4. The van der Waals surface area contributed by atoms with Crippen molar-refractivity contribution in [3.8, 4) is 0 Å². The lowest BCUT2D eigenvalue weighted by Crippen LogP contribution is -2.54. The zero-order valence-electron chi connectivity index (χ0n) is 20.9. The highest BCUT2D eigenvalue weighted by molar-refractivity contribution is 5.27. The van der Waals surface area contributed by atoms with Crippen LogP contribution in [0.1, 0.15) is 98.8 Å². The Morgan fingerprint density at radius 1 is 1.10 bits per heavy atom. The van der Waals surface area contributed by atoms with E-state index in [-0.39, 0.29) is 17.6 Å². The molecule has 3 fully saturated rings. The SMILES string of the molecule is C=C(C)C(CC)CC[C@@H](C)[C@H]1CC[C@H]2[C@@H]3[C@@H](O)C=C4C[C@@H](O)CC[C@]4(C)[C@H]3CC[C@]12C. The van der Waals surface area contributed by atoms with Crippen LogP contribution in [0.5, 0.6) is 0 Å². The first-order chi connectivity index (χ1) is 14.6. The van der Waals surface area contributed by atoms with Crippen molar-refractivity contribution in [2.45, 2.75) is 111 Å². The Bertz CT molecular complexity index is 710. The van der Waals surface area contributed by atoms with Crippen LogP contribution in [0.3, 0.4) is 0 Å². The molecule has 176 valence electrons. The number of fused-ring (bicyclic) bond motifs is 5. The summed E-state index contributed by atoms with van der Waals surface area (Å²) in [7, 11) is 0. The molecule has 3 saturated carbocycles. The van der Waals surface area contributed by atoms with E-state index in [1.807, 2.05) is 0 Å². The molecule has 31 heavy (non-hydrogen) atoms. The summed E-state index contributed by atoms with van der Waals surface area (Å²) in [5.41, 5.74) is 3.29. The third kappa shape index (κ3) is 3.88. The smallest absolute Gasteiger partial charge is 0.0757 e. The molecule has 0 aliphatic heterocycles. The van der Waals surface area contributed by atoms with Crippen LogP contribution >= 0.6 is 0 Å². The molecule has 0 aromatic rings. The van der Waals surface area contributed by atoms with E-state index in [1.54, 1.807) is 0 Å². The van der Waals surface area contributed by atoms with Crippen LogP contribution in [0.15, 0.2) is 23.8 Å². The summed E-state index contributed by atoms with van der Waals surface area (Å²) in [6.45, 7) is 16.3. The largest absolute Gasteiger partial charge is 0.393 e. The molecular formula is C29H48O2. The number of rotatable bonds is 6. The molecular weight excluding hydrogens is 380 g/mol. The summed E-state index contributed by atoms with van der Waals surface area (Å²) in [5, 5.41) is 21.6. The average molecular weight is 429 g/mol. The van der Waals surface area contributed by atoms with Gasteiger partial charge in [0.25, 0.3) is 0 Å². The summed E-state index contributed by atoms with van der Waals surface area (Å²) in [6.07, 6.45) is 13.5.